The Morgan fingerprint density at radius 1 is 0.667 bits per heavy atom. The second-order valence-electron chi connectivity index (χ2n) is 6.30. The lowest BCUT2D eigenvalue weighted by Crippen LogP contribution is -2.32. The molecule has 0 aromatic rings. The van der Waals surface area contributed by atoms with Crippen molar-refractivity contribution in [3.63, 3.8) is 0 Å². The van der Waals surface area contributed by atoms with Crippen LogP contribution >= 0.6 is 0 Å². The van der Waals surface area contributed by atoms with E-state index >= 15 is 0 Å². The van der Waals surface area contributed by atoms with E-state index in [0.29, 0.717) is 0 Å². The summed E-state index contributed by atoms with van der Waals surface area (Å²) in [5, 5.41) is 0. The van der Waals surface area contributed by atoms with E-state index in [1.807, 2.05) is 0 Å². The highest BCUT2D eigenvalue weighted by atomic mass is 16.5. The first-order chi connectivity index (χ1) is 10.2. The largest absolute Gasteiger partial charge is 0.379 e. The summed E-state index contributed by atoms with van der Waals surface area (Å²) < 4.78 is 5.10. The van der Waals surface area contributed by atoms with Crippen LogP contribution in [0.2, 0.25) is 0 Å². The fraction of sp³-hybridized carbons (Fsp3) is 0.882. The van der Waals surface area contributed by atoms with Gasteiger partial charge in [0.25, 0.3) is 0 Å². The van der Waals surface area contributed by atoms with Crippen LogP contribution in [0.5, 0.6) is 0 Å². The molecule has 0 radical (unpaired) electrons. The number of morpholine rings is 1. The van der Waals surface area contributed by atoms with Gasteiger partial charge in [-0.05, 0) is 53.5 Å². The van der Waals surface area contributed by atoms with Crippen molar-refractivity contribution in [3.05, 3.63) is 12.2 Å². The van der Waals surface area contributed by atoms with E-state index in [-0.39, 0.29) is 0 Å². The molecule has 21 heavy (non-hydrogen) atoms. The van der Waals surface area contributed by atoms with E-state index in [2.05, 4.69) is 48.0 Å². The van der Waals surface area contributed by atoms with Crippen LogP contribution in [0.25, 0.3) is 0 Å². The van der Waals surface area contributed by atoms with Crippen LogP contribution in [0.15, 0.2) is 12.2 Å². The summed E-state index contributed by atoms with van der Waals surface area (Å²) in [7, 11) is 6.45. The maximum Gasteiger partial charge on any atom is 0.0594 e. The highest BCUT2D eigenvalue weighted by Gasteiger charge is 2.03. The third kappa shape index (κ3) is 10.9. The van der Waals surface area contributed by atoms with Gasteiger partial charge in [-0.1, -0.05) is 18.6 Å². The second-order valence-corrected chi connectivity index (χ2v) is 6.30. The molecule has 3 rings (SSSR count). The average Bonchev–Trinajstić information content (AvgIpc) is 2.51. The third-order valence-electron chi connectivity index (χ3n) is 4.08. The van der Waals surface area contributed by atoms with Crippen molar-refractivity contribution in [3.8, 4) is 0 Å². The molecule has 2 saturated heterocycles. The van der Waals surface area contributed by atoms with Gasteiger partial charge < -0.3 is 19.4 Å². The molecule has 0 N–H and O–H groups in total. The SMILES string of the molecule is CN1CC=CCC1.CN1CCCCC1.CN1CCOCC1. The van der Waals surface area contributed by atoms with Crippen molar-refractivity contribution in [1.29, 1.82) is 0 Å². The Labute approximate surface area is 131 Å². The Morgan fingerprint density at radius 2 is 1.29 bits per heavy atom. The number of piperidine rings is 1. The number of nitrogens with zero attached hydrogens (tertiary/aromatic N) is 3. The van der Waals surface area contributed by atoms with E-state index in [1.165, 1.54) is 45.3 Å². The zero-order chi connectivity index (χ0) is 15.3. The number of ether oxygens (including phenoxy) is 1. The van der Waals surface area contributed by atoms with Gasteiger partial charge in [0.2, 0.25) is 0 Å². The van der Waals surface area contributed by atoms with Gasteiger partial charge in [0, 0.05) is 26.2 Å². The van der Waals surface area contributed by atoms with Gasteiger partial charge in [-0.2, -0.15) is 0 Å². The Balaban J connectivity index is 0.000000157. The molecule has 124 valence electrons. The lowest BCUT2D eigenvalue weighted by Gasteiger charge is -2.21. The highest BCUT2D eigenvalue weighted by Crippen LogP contribution is 2.04. The molecule has 0 aromatic carbocycles. The second kappa shape index (κ2) is 12.2. The van der Waals surface area contributed by atoms with Gasteiger partial charge in [-0.3, -0.25) is 0 Å². The fourth-order valence-corrected chi connectivity index (χ4v) is 2.47. The number of likely N-dealkylation sites (N-methyl/N-ethyl adjacent to an activating group) is 2. The van der Waals surface area contributed by atoms with Crippen molar-refractivity contribution in [2.75, 3.05) is 73.6 Å². The maximum absolute atomic E-state index is 5.10. The summed E-state index contributed by atoms with van der Waals surface area (Å²) in [5.41, 5.74) is 0. The predicted molar refractivity (Wildman–Crippen MR) is 90.9 cm³/mol. The van der Waals surface area contributed by atoms with Gasteiger partial charge in [0.1, 0.15) is 0 Å². The minimum Gasteiger partial charge on any atom is -0.379 e. The molecule has 3 aliphatic heterocycles. The van der Waals surface area contributed by atoms with E-state index < -0.39 is 0 Å². The van der Waals surface area contributed by atoms with Crippen molar-refractivity contribution < 1.29 is 4.74 Å². The topological polar surface area (TPSA) is 19.0 Å². The fourth-order valence-electron chi connectivity index (χ4n) is 2.47. The summed E-state index contributed by atoms with van der Waals surface area (Å²) >= 11 is 0. The van der Waals surface area contributed by atoms with Crippen LogP contribution in [-0.2, 0) is 4.74 Å². The zero-order valence-corrected chi connectivity index (χ0v) is 14.4. The minimum atomic E-state index is 0.913. The quantitative estimate of drug-likeness (QED) is 0.636. The Bertz CT molecular complexity index is 243. The molecule has 3 heterocycles. The first kappa shape index (κ1) is 18.6. The van der Waals surface area contributed by atoms with Gasteiger partial charge >= 0.3 is 0 Å². The minimum absolute atomic E-state index is 0.913. The van der Waals surface area contributed by atoms with Crippen LogP contribution in [0.1, 0.15) is 25.7 Å². The maximum atomic E-state index is 5.10. The van der Waals surface area contributed by atoms with Gasteiger partial charge in [0.05, 0.1) is 13.2 Å². The number of hydrogen-bond donors (Lipinski definition) is 0. The van der Waals surface area contributed by atoms with E-state index in [4.69, 9.17) is 4.74 Å². The van der Waals surface area contributed by atoms with Gasteiger partial charge in [-0.25, -0.2) is 0 Å². The average molecular weight is 297 g/mol. The third-order valence-corrected chi connectivity index (χ3v) is 4.08. The first-order valence-electron chi connectivity index (χ1n) is 8.47. The normalized spacial score (nSPS) is 24.5. The highest BCUT2D eigenvalue weighted by molar-refractivity contribution is 4.89. The lowest BCUT2D eigenvalue weighted by molar-refractivity contribution is 0.0503. The molecule has 0 amide bonds. The van der Waals surface area contributed by atoms with Crippen molar-refractivity contribution in [2.45, 2.75) is 25.7 Å². The van der Waals surface area contributed by atoms with Crippen LogP contribution in [0, 0.1) is 0 Å². The molecule has 0 bridgehead atoms. The molecule has 4 nitrogen and oxygen atoms in total. The van der Waals surface area contributed by atoms with Crippen LogP contribution in [0.4, 0.5) is 0 Å². The number of rotatable bonds is 0. The van der Waals surface area contributed by atoms with Crippen molar-refractivity contribution in [2.24, 2.45) is 0 Å². The first-order valence-corrected chi connectivity index (χ1v) is 8.47. The molecule has 2 fully saturated rings. The van der Waals surface area contributed by atoms with Crippen molar-refractivity contribution in [1.82, 2.24) is 14.7 Å². The number of hydrogen-bond acceptors (Lipinski definition) is 4. The standard InChI is InChI=1S/C6H13N.C6H11N.C5H11NO/c2*1-7-5-3-2-4-6-7;1-6-2-4-7-5-3-6/h2-6H2,1H3;2-3H,4-6H2,1H3;2-5H2,1H3. The summed E-state index contributed by atoms with van der Waals surface area (Å²) in [4.78, 5) is 6.97. The summed E-state index contributed by atoms with van der Waals surface area (Å²) in [5.74, 6) is 0. The van der Waals surface area contributed by atoms with Gasteiger partial charge in [0.15, 0.2) is 0 Å². The number of likely N-dealkylation sites (tertiary alicyclic amines) is 1. The van der Waals surface area contributed by atoms with E-state index in [1.54, 1.807) is 0 Å². The molecule has 0 spiro atoms. The van der Waals surface area contributed by atoms with Crippen LogP contribution in [0.3, 0.4) is 0 Å². The van der Waals surface area contributed by atoms with Crippen LogP contribution < -0.4 is 0 Å². The smallest absolute Gasteiger partial charge is 0.0594 e. The zero-order valence-electron chi connectivity index (χ0n) is 14.4. The molecule has 3 aliphatic rings. The predicted octanol–water partition coefficient (Wildman–Crippen LogP) is 1.93. The van der Waals surface area contributed by atoms with Crippen LogP contribution in [-0.4, -0.2) is 88.3 Å². The molecule has 4 heteroatoms. The molecular formula is C17H35N3O. The van der Waals surface area contributed by atoms with E-state index in [0.717, 1.165) is 32.8 Å². The molecule has 0 aliphatic carbocycles. The monoisotopic (exact) mass is 297 g/mol. The summed E-state index contributed by atoms with van der Waals surface area (Å²) in [6.07, 6.45) is 9.96. The Kier molecular flexibility index (Phi) is 10.8. The summed E-state index contributed by atoms with van der Waals surface area (Å²) in [6, 6.07) is 0. The Morgan fingerprint density at radius 3 is 1.57 bits per heavy atom. The summed E-state index contributed by atoms with van der Waals surface area (Å²) in [6.45, 7) is 9.03. The molecule has 0 unspecified atom stereocenters. The Hall–Kier alpha value is -0.420. The van der Waals surface area contributed by atoms with E-state index in [9.17, 15) is 0 Å². The molecular weight excluding hydrogens is 262 g/mol. The van der Waals surface area contributed by atoms with Crippen molar-refractivity contribution >= 4 is 0 Å². The molecule has 0 aromatic heterocycles. The molecule has 0 saturated carbocycles. The van der Waals surface area contributed by atoms with Gasteiger partial charge in [-0.15, -0.1) is 0 Å². The molecule has 0 atom stereocenters. The lowest BCUT2D eigenvalue weighted by atomic mass is 10.1.